The van der Waals surface area contributed by atoms with Gasteiger partial charge in [-0.15, -0.1) is 0 Å². The summed E-state index contributed by atoms with van der Waals surface area (Å²) < 4.78 is 11.0. The molecule has 30 heavy (non-hydrogen) atoms. The molecule has 4 rings (SSSR count). The molecule has 2 aliphatic heterocycles. The molecule has 1 N–H and O–H groups in total. The van der Waals surface area contributed by atoms with Crippen LogP contribution < -0.4 is 10.1 Å². The lowest BCUT2D eigenvalue weighted by Crippen LogP contribution is -2.60. The molecule has 1 aromatic carbocycles. The minimum atomic E-state index is -0.265. The number of piperidine rings is 1. The van der Waals surface area contributed by atoms with Gasteiger partial charge >= 0.3 is 0 Å². The van der Waals surface area contributed by atoms with Crippen molar-refractivity contribution in [3.8, 4) is 5.75 Å². The van der Waals surface area contributed by atoms with E-state index in [1.54, 1.807) is 7.11 Å². The average Bonchev–Trinajstić information content (AvgIpc) is 2.82. The molecular formula is C24H37N3O3. The summed E-state index contributed by atoms with van der Waals surface area (Å²) in [6.45, 7) is 9.50. The molecule has 2 heterocycles. The van der Waals surface area contributed by atoms with E-state index in [0.29, 0.717) is 18.5 Å². The van der Waals surface area contributed by atoms with Crippen LogP contribution in [0.2, 0.25) is 0 Å². The number of fused-ring (bicyclic) bond motifs is 1. The van der Waals surface area contributed by atoms with Crippen LogP contribution in [0, 0.1) is 11.3 Å². The van der Waals surface area contributed by atoms with Crippen LogP contribution in [0.4, 0.5) is 0 Å². The Bertz CT molecular complexity index is 721. The number of hydrogen-bond donors (Lipinski definition) is 1. The molecule has 3 atom stereocenters. The fraction of sp³-hybridized carbons (Fsp3) is 0.708. The second kappa shape index (κ2) is 9.67. The van der Waals surface area contributed by atoms with Crippen molar-refractivity contribution >= 4 is 5.91 Å². The molecule has 1 aliphatic carbocycles. The molecule has 3 fully saturated rings. The smallest absolute Gasteiger partial charge is 0.228 e. The van der Waals surface area contributed by atoms with E-state index in [0.717, 1.165) is 82.9 Å². The van der Waals surface area contributed by atoms with Crippen molar-refractivity contribution in [3.05, 3.63) is 29.8 Å². The third kappa shape index (κ3) is 4.36. The number of amides is 1. The Morgan fingerprint density at radius 1 is 1.23 bits per heavy atom. The fourth-order valence-corrected chi connectivity index (χ4v) is 5.83. The number of hydrogen-bond acceptors (Lipinski definition) is 5. The summed E-state index contributed by atoms with van der Waals surface area (Å²) in [5, 5.41) is 3.29. The van der Waals surface area contributed by atoms with Crippen molar-refractivity contribution in [2.45, 2.75) is 45.2 Å². The second-order valence-corrected chi connectivity index (χ2v) is 9.08. The van der Waals surface area contributed by atoms with Gasteiger partial charge in [-0.3, -0.25) is 9.69 Å². The maximum Gasteiger partial charge on any atom is 0.228 e. The zero-order chi connectivity index (χ0) is 21.0. The molecule has 0 spiro atoms. The number of likely N-dealkylation sites (tertiary alicyclic amines) is 1. The number of nitrogens with one attached hydrogen (secondary N) is 1. The predicted molar refractivity (Wildman–Crippen MR) is 118 cm³/mol. The number of carbonyl (C=O) groups excluding carboxylic acids is 1. The Hall–Kier alpha value is -1.63. The van der Waals surface area contributed by atoms with Crippen molar-refractivity contribution < 1.29 is 14.3 Å². The van der Waals surface area contributed by atoms with E-state index in [2.05, 4.69) is 22.0 Å². The largest absolute Gasteiger partial charge is 0.496 e. The van der Waals surface area contributed by atoms with Gasteiger partial charge in [0.25, 0.3) is 0 Å². The standard InChI is InChI=1S/C24H37N3O3/c1-3-26-11-9-20-16-21(27-12-14-30-15-13-27)8-10-24(20,18-26)23(28)25-17-19-6-4-5-7-22(19)29-2/h4-7,20-21H,3,8-18H2,1-2H3,(H,25,28)/t20-,21+,24-/m1/s1. The first-order chi connectivity index (χ1) is 14.7. The van der Waals surface area contributed by atoms with Gasteiger partial charge in [0.15, 0.2) is 0 Å². The molecule has 1 saturated carbocycles. The summed E-state index contributed by atoms with van der Waals surface area (Å²) in [7, 11) is 1.68. The number of ether oxygens (including phenoxy) is 2. The minimum Gasteiger partial charge on any atom is -0.496 e. The Kier molecular flexibility index (Phi) is 6.96. The van der Waals surface area contributed by atoms with Gasteiger partial charge in [0.05, 0.1) is 25.7 Å². The first-order valence-corrected chi connectivity index (χ1v) is 11.6. The second-order valence-electron chi connectivity index (χ2n) is 9.08. The zero-order valence-corrected chi connectivity index (χ0v) is 18.6. The quantitative estimate of drug-likeness (QED) is 0.774. The Balaban J connectivity index is 1.47. The third-order valence-electron chi connectivity index (χ3n) is 7.65. The van der Waals surface area contributed by atoms with E-state index in [9.17, 15) is 4.79 Å². The van der Waals surface area contributed by atoms with E-state index in [4.69, 9.17) is 9.47 Å². The molecule has 2 saturated heterocycles. The first kappa shape index (κ1) is 21.6. The number of morpholine rings is 1. The average molecular weight is 416 g/mol. The van der Waals surface area contributed by atoms with E-state index in [1.807, 2.05) is 24.3 Å². The molecule has 3 aliphatic rings. The molecule has 1 amide bonds. The van der Waals surface area contributed by atoms with Gasteiger partial charge in [0.1, 0.15) is 5.75 Å². The van der Waals surface area contributed by atoms with Crippen LogP contribution in [-0.4, -0.2) is 74.8 Å². The summed E-state index contributed by atoms with van der Waals surface area (Å²) in [5.41, 5.74) is 0.769. The highest BCUT2D eigenvalue weighted by atomic mass is 16.5. The lowest BCUT2D eigenvalue weighted by Gasteiger charge is -2.53. The zero-order valence-electron chi connectivity index (χ0n) is 18.6. The molecule has 166 valence electrons. The van der Waals surface area contributed by atoms with Crippen LogP contribution >= 0.6 is 0 Å². The van der Waals surface area contributed by atoms with E-state index < -0.39 is 0 Å². The highest BCUT2D eigenvalue weighted by molar-refractivity contribution is 5.83. The van der Waals surface area contributed by atoms with E-state index in [-0.39, 0.29) is 11.3 Å². The number of carbonyl (C=O) groups is 1. The summed E-state index contributed by atoms with van der Waals surface area (Å²) in [6.07, 6.45) is 4.35. The number of rotatable bonds is 6. The Morgan fingerprint density at radius 2 is 2.03 bits per heavy atom. The van der Waals surface area contributed by atoms with Gasteiger partial charge in [0.2, 0.25) is 5.91 Å². The predicted octanol–water partition coefficient (Wildman–Crippen LogP) is 2.52. The maximum atomic E-state index is 13.7. The molecule has 6 heteroatoms. The van der Waals surface area contributed by atoms with Crippen LogP contribution in [0.3, 0.4) is 0 Å². The first-order valence-electron chi connectivity index (χ1n) is 11.6. The van der Waals surface area contributed by atoms with Gasteiger partial charge in [0, 0.05) is 37.8 Å². The monoisotopic (exact) mass is 415 g/mol. The van der Waals surface area contributed by atoms with Crippen LogP contribution in [0.5, 0.6) is 5.75 Å². The highest BCUT2D eigenvalue weighted by Crippen LogP contribution is 2.48. The van der Waals surface area contributed by atoms with Crippen molar-refractivity contribution in [2.75, 3.05) is 53.0 Å². The van der Waals surface area contributed by atoms with Crippen LogP contribution in [0.25, 0.3) is 0 Å². The van der Waals surface area contributed by atoms with Gasteiger partial charge in [-0.05, 0) is 50.8 Å². The van der Waals surface area contributed by atoms with Crippen molar-refractivity contribution in [2.24, 2.45) is 11.3 Å². The lowest BCUT2D eigenvalue weighted by atomic mass is 9.61. The topological polar surface area (TPSA) is 54.0 Å². The van der Waals surface area contributed by atoms with Gasteiger partial charge in [-0.2, -0.15) is 0 Å². The molecule has 0 aromatic heterocycles. The molecule has 0 radical (unpaired) electrons. The van der Waals surface area contributed by atoms with Gasteiger partial charge in [-0.25, -0.2) is 0 Å². The van der Waals surface area contributed by atoms with Gasteiger partial charge in [-0.1, -0.05) is 25.1 Å². The van der Waals surface area contributed by atoms with Crippen LogP contribution in [0.1, 0.15) is 38.2 Å². The molecule has 1 aromatic rings. The summed E-state index contributed by atoms with van der Waals surface area (Å²) in [5.74, 6) is 1.53. The van der Waals surface area contributed by atoms with Crippen molar-refractivity contribution in [1.82, 2.24) is 15.1 Å². The highest BCUT2D eigenvalue weighted by Gasteiger charge is 2.52. The summed E-state index contributed by atoms with van der Waals surface area (Å²) in [4.78, 5) is 18.7. The van der Waals surface area contributed by atoms with Crippen molar-refractivity contribution in [1.29, 1.82) is 0 Å². The Morgan fingerprint density at radius 3 is 2.80 bits per heavy atom. The van der Waals surface area contributed by atoms with E-state index in [1.165, 1.54) is 0 Å². The third-order valence-corrected chi connectivity index (χ3v) is 7.65. The SMILES string of the molecule is CCN1CC[C@@H]2C[C@@H](N3CCOCC3)CC[C@@]2(C(=O)NCc2ccccc2OC)C1. The normalized spacial score (nSPS) is 30.5. The van der Waals surface area contributed by atoms with Crippen LogP contribution in [0.15, 0.2) is 24.3 Å². The molecule has 0 bridgehead atoms. The number of para-hydroxylation sites is 1. The summed E-state index contributed by atoms with van der Waals surface area (Å²) >= 11 is 0. The maximum absolute atomic E-state index is 13.7. The lowest BCUT2D eigenvalue weighted by molar-refractivity contribution is -0.145. The number of benzene rings is 1. The Labute approximate surface area is 180 Å². The van der Waals surface area contributed by atoms with Gasteiger partial charge < -0.3 is 19.7 Å². The summed E-state index contributed by atoms with van der Waals surface area (Å²) in [6, 6.07) is 8.55. The van der Waals surface area contributed by atoms with E-state index >= 15 is 0 Å². The number of nitrogens with zero attached hydrogens (tertiary/aromatic N) is 2. The number of methoxy groups -OCH3 is 1. The van der Waals surface area contributed by atoms with Crippen molar-refractivity contribution in [3.63, 3.8) is 0 Å². The molecular weight excluding hydrogens is 378 g/mol. The minimum absolute atomic E-state index is 0.233. The molecule has 0 unspecified atom stereocenters. The molecule has 6 nitrogen and oxygen atoms in total. The fourth-order valence-electron chi connectivity index (χ4n) is 5.83. The van der Waals surface area contributed by atoms with Crippen LogP contribution in [-0.2, 0) is 16.1 Å².